The quantitative estimate of drug-likeness (QED) is 0.689. The van der Waals surface area contributed by atoms with Gasteiger partial charge in [0, 0.05) is 12.4 Å². The molecular weight excluding hydrogens is 378 g/mol. The van der Waals surface area contributed by atoms with Gasteiger partial charge >= 0.3 is 11.9 Å². The second-order valence-corrected chi connectivity index (χ2v) is 5.94. The van der Waals surface area contributed by atoms with Crippen molar-refractivity contribution in [2.24, 2.45) is 0 Å². The second-order valence-electron chi connectivity index (χ2n) is 5.13. The van der Waals surface area contributed by atoms with Crippen LogP contribution in [0.1, 0.15) is 5.56 Å². The molecule has 1 aromatic heterocycles. The molecular formula is C16H10Cl2F3N3O. The maximum Gasteiger partial charge on any atom is 0.417 e. The van der Waals surface area contributed by atoms with Crippen LogP contribution in [0.4, 0.5) is 19.0 Å². The third kappa shape index (κ3) is 3.05. The first-order chi connectivity index (χ1) is 11.7. The Hall–Kier alpha value is -2.25. The predicted molar refractivity (Wildman–Crippen MR) is 91.9 cm³/mol. The van der Waals surface area contributed by atoms with Gasteiger partial charge in [0.1, 0.15) is 5.82 Å². The Kier molecular flexibility index (Phi) is 4.38. The first-order valence-corrected chi connectivity index (χ1v) is 7.76. The lowest BCUT2D eigenvalue weighted by Crippen LogP contribution is -2.24. The lowest BCUT2D eigenvalue weighted by molar-refractivity contribution is -0.137. The highest BCUT2D eigenvalue weighted by molar-refractivity contribution is 6.33. The van der Waals surface area contributed by atoms with Crippen LogP contribution < -0.4 is 11.0 Å². The van der Waals surface area contributed by atoms with E-state index in [1.165, 1.54) is 19.2 Å². The number of fused-ring (bicyclic) bond motifs is 1. The van der Waals surface area contributed by atoms with E-state index in [4.69, 9.17) is 23.2 Å². The van der Waals surface area contributed by atoms with Crippen molar-refractivity contribution in [2.75, 3.05) is 12.4 Å². The molecule has 1 N–H and O–H groups in total. The third-order valence-corrected chi connectivity index (χ3v) is 4.25. The average molecular weight is 388 g/mol. The summed E-state index contributed by atoms with van der Waals surface area (Å²) in [5.41, 5.74) is -1.59. The molecule has 3 aromatic rings. The SMILES string of the molecule is CNc1nc(=O)n(-c2ccccc2Cl)c2cc(C(F)(F)F)c(Cl)cc12. The van der Waals surface area contributed by atoms with Crippen LogP contribution in [0.15, 0.2) is 41.2 Å². The fourth-order valence-electron chi connectivity index (χ4n) is 2.52. The van der Waals surface area contributed by atoms with E-state index in [0.29, 0.717) is 0 Å². The number of hydrogen-bond acceptors (Lipinski definition) is 3. The molecule has 9 heteroatoms. The first-order valence-electron chi connectivity index (χ1n) is 7.00. The molecule has 0 fully saturated rings. The molecule has 0 amide bonds. The molecule has 3 rings (SSSR count). The van der Waals surface area contributed by atoms with Gasteiger partial charge in [-0.2, -0.15) is 18.2 Å². The number of benzene rings is 2. The molecule has 0 saturated carbocycles. The van der Waals surface area contributed by atoms with E-state index < -0.39 is 22.5 Å². The van der Waals surface area contributed by atoms with Gasteiger partial charge in [-0.05, 0) is 24.3 Å². The van der Waals surface area contributed by atoms with Crippen molar-refractivity contribution in [1.29, 1.82) is 0 Å². The summed E-state index contributed by atoms with van der Waals surface area (Å²) in [6.07, 6.45) is -4.67. The molecule has 25 heavy (non-hydrogen) atoms. The monoisotopic (exact) mass is 387 g/mol. The summed E-state index contributed by atoms with van der Waals surface area (Å²) in [6.45, 7) is 0. The number of rotatable bonds is 2. The summed E-state index contributed by atoms with van der Waals surface area (Å²) in [5, 5.41) is 2.67. The van der Waals surface area contributed by atoms with Crippen LogP contribution >= 0.6 is 23.2 Å². The molecule has 0 unspecified atom stereocenters. The lowest BCUT2D eigenvalue weighted by atomic mass is 10.1. The molecule has 0 aliphatic heterocycles. The summed E-state index contributed by atoms with van der Waals surface area (Å²) in [7, 11) is 1.51. The van der Waals surface area contributed by atoms with Crippen molar-refractivity contribution in [3.63, 3.8) is 0 Å². The van der Waals surface area contributed by atoms with Gasteiger partial charge in [-0.1, -0.05) is 35.3 Å². The molecule has 0 bridgehead atoms. The number of nitrogens with one attached hydrogen (secondary N) is 1. The molecule has 0 atom stereocenters. The summed E-state index contributed by atoms with van der Waals surface area (Å²) in [6, 6.07) is 8.27. The number of nitrogens with zero attached hydrogens (tertiary/aromatic N) is 2. The van der Waals surface area contributed by atoms with Crippen LogP contribution in [-0.4, -0.2) is 16.6 Å². The molecule has 2 aromatic carbocycles. The minimum Gasteiger partial charge on any atom is -0.372 e. The highest BCUT2D eigenvalue weighted by Crippen LogP contribution is 2.38. The molecule has 0 saturated heterocycles. The fraction of sp³-hybridized carbons (Fsp3) is 0.125. The number of halogens is 5. The molecule has 0 spiro atoms. The van der Waals surface area contributed by atoms with Crippen molar-refractivity contribution in [3.05, 3.63) is 62.5 Å². The van der Waals surface area contributed by atoms with Crippen molar-refractivity contribution in [2.45, 2.75) is 6.18 Å². The molecule has 1 heterocycles. The second kappa shape index (κ2) is 6.24. The maximum absolute atomic E-state index is 13.2. The number of alkyl halides is 3. The van der Waals surface area contributed by atoms with Gasteiger partial charge in [0.15, 0.2) is 0 Å². The van der Waals surface area contributed by atoms with Gasteiger partial charge in [0.25, 0.3) is 0 Å². The van der Waals surface area contributed by atoms with Gasteiger partial charge in [-0.25, -0.2) is 4.79 Å². The van der Waals surface area contributed by atoms with Crippen LogP contribution in [0.2, 0.25) is 10.0 Å². The highest BCUT2D eigenvalue weighted by atomic mass is 35.5. The largest absolute Gasteiger partial charge is 0.417 e. The van der Waals surface area contributed by atoms with E-state index in [1.807, 2.05) is 0 Å². The van der Waals surface area contributed by atoms with Crippen molar-refractivity contribution < 1.29 is 13.2 Å². The summed E-state index contributed by atoms with van der Waals surface area (Å²) in [5.74, 6) is 0.124. The zero-order valence-corrected chi connectivity index (χ0v) is 14.2. The van der Waals surface area contributed by atoms with Crippen LogP contribution in [0.5, 0.6) is 0 Å². The summed E-state index contributed by atoms with van der Waals surface area (Å²) >= 11 is 11.9. The van der Waals surface area contributed by atoms with Crippen LogP contribution in [0.3, 0.4) is 0 Å². The Morgan fingerprint density at radius 1 is 1.12 bits per heavy atom. The Labute approximate surface area is 149 Å². The predicted octanol–water partition coefficient (Wildman–Crippen LogP) is 4.75. The minimum absolute atomic E-state index is 0.00539. The minimum atomic E-state index is -4.67. The smallest absolute Gasteiger partial charge is 0.372 e. The molecule has 0 aliphatic carbocycles. The third-order valence-electron chi connectivity index (χ3n) is 3.62. The fourth-order valence-corrected chi connectivity index (χ4v) is 3.01. The molecule has 0 aliphatic rings. The van der Waals surface area contributed by atoms with Gasteiger partial charge in [-0.3, -0.25) is 4.57 Å². The molecule has 130 valence electrons. The van der Waals surface area contributed by atoms with E-state index in [-0.39, 0.29) is 27.4 Å². The Morgan fingerprint density at radius 3 is 2.40 bits per heavy atom. The van der Waals surface area contributed by atoms with Gasteiger partial charge in [0.2, 0.25) is 0 Å². The van der Waals surface area contributed by atoms with Crippen molar-refractivity contribution in [1.82, 2.24) is 9.55 Å². The van der Waals surface area contributed by atoms with Gasteiger partial charge < -0.3 is 5.32 Å². The van der Waals surface area contributed by atoms with Crippen molar-refractivity contribution >= 4 is 39.9 Å². The molecule has 4 nitrogen and oxygen atoms in total. The lowest BCUT2D eigenvalue weighted by Gasteiger charge is -2.16. The van der Waals surface area contributed by atoms with Gasteiger partial charge in [0.05, 0.1) is 26.8 Å². The van der Waals surface area contributed by atoms with E-state index >= 15 is 0 Å². The van der Waals surface area contributed by atoms with Crippen LogP contribution in [0.25, 0.3) is 16.6 Å². The summed E-state index contributed by atoms with van der Waals surface area (Å²) in [4.78, 5) is 16.3. The average Bonchev–Trinajstić information content (AvgIpc) is 2.54. The van der Waals surface area contributed by atoms with E-state index in [2.05, 4.69) is 10.3 Å². The zero-order chi connectivity index (χ0) is 18.4. The Morgan fingerprint density at radius 2 is 1.80 bits per heavy atom. The number of para-hydroxylation sites is 1. The first kappa shape index (κ1) is 17.6. The van der Waals surface area contributed by atoms with Crippen LogP contribution in [0, 0.1) is 0 Å². The number of aromatic nitrogens is 2. The van der Waals surface area contributed by atoms with Gasteiger partial charge in [-0.15, -0.1) is 0 Å². The number of anilines is 1. The zero-order valence-electron chi connectivity index (χ0n) is 12.7. The normalized spacial score (nSPS) is 11.8. The number of hydrogen-bond donors (Lipinski definition) is 1. The Bertz CT molecular complexity index is 1030. The van der Waals surface area contributed by atoms with E-state index in [9.17, 15) is 18.0 Å². The van der Waals surface area contributed by atoms with Crippen molar-refractivity contribution in [3.8, 4) is 5.69 Å². The Balaban J connectivity index is 2.51. The summed E-state index contributed by atoms with van der Waals surface area (Å²) < 4.78 is 40.8. The maximum atomic E-state index is 13.2. The standard InChI is InChI=1S/C16H10Cl2F3N3O/c1-22-14-8-6-11(18)9(16(19,20)21)7-13(8)24(15(25)23-14)12-5-3-2-4-10(12)17/h2-7H,1H3,(H,22,23,25). The highest BCUT2D eigenvalue weighted by Gasteiger charge is 2.34. The molecule has 0 radical (unpaired) electrons. The van der Waals surface area contributed by atoms with E-state index in [0.717, 1.165) is 16.7 Å². The van der Waals surface area contributed by atoms with E-state index in [1.54, 1.807) is 12.1 Å². The topological polar surface area (TPSA) is 46.9 Å². The van der Waals surface area contributed by atoms with Crippen LogP contribution in [-0.2, 0) is 6.18 Å².